The number of rotatable bonds is 4. The molecule has 0 spiro atoms. The van der Waals surface area contributed by atoms with Gasteiger partial charge < -0.3 is 10.1 Å². The SMILES string of the molecule is COc1cc(-c2cc3n(n2)CCC3NC(=O)c2ccc(F)c(C#N)c2)ccn1. The lowest BCUT2D eigenvalue weighted by Crippen LogP contribution is -2.27. The summed E-state index contributed by atoms with van der Waals surface area (Å²) in [5, 5.41) is 16.5. The number of fused-ring (bicyclic) bond motifs is 1. The monoisotopic (exact) mass is 377 g/mol. The number of ether oxygens (including phenoxy) is 1. The number of pyridine rings is 1. The van der Waals surface area contributed by atoms with Crippen LogP contribution >= 0.6 is 0 Å². The first-order valence-corrected chi connectivity index (χ1v) is 8.67. The lowest BCUT2D eigenvalue weighted by Gasteiger charge is -2.12. The van der Waals surface area contributed by atoms with E-state index in [2.05, 4.69) is 15.4 Å². The number of amides is 1. The van der Waals surface area contributed by atoms with Gasteiger partial charge in [-0.25, -0.2) is 9.37 Å². The van der Waals surface area contributed by atoms with Crippen LogP contribution < -0.4 is 10.1 Å². The molecule has 0 aliphatic carbocycles. The highest BCUT2D eigenvalue weighted by molar-refractivity contribution is 5.94. The maximum atomic E-state index is 13.5. The molecule has 8 heteroatoms. The summed E-state index contributed by atoms with van der Waals surface area (Å²) in [5.74, 6) is -0.501. The summed E-state index contributed by atoms with van der Waals surface area (Å²) < 4.78 is 20.5. The molecule has 0 saturated carbocycles. The zero-order chi connectivity index (χ0) is 19.7. The van der Waals surface area contributed by atoms with Gasteiger partial charge in [-0.15, -0.1) is 0 Å². The fourth-order valence-electron chi connectivity index (χ4n) is 3.25. The van der Waals surface area contributed by atoms with Crippen LogP contribution in [-0.2, 0) is 6.54 Å². The molecule has 1 unspecified atom stereocenters. The van der Waals surface area contributed by atoms with E-state index in [0.29, 0.717) is 18.8 Å². The number of hydrogen-bond donors (Lipinski definition) is 1. The first kappa shape index (κ1) is 17.7. The third kappa shape index (κ3) is 3.18. The van der Waals surface area contributed by atoms with Crippen LogP contribution in [-0.4, -0.2) is 27.8 Å². The standard InChI is InChI=1S/C20H16FN5O2/c1-28-19-9-12(4-6-23-19)17-10-18-16(5-7-26(18)25-17)24-20(27)13-2-3-15(21)14(8-13)11-22/h2-4,6,8-10,16H,5,7H2,1H3,(H,24,27). The molecule has 140 valence electrons. The van der Waals surface area contributed by atoms with Crippen molar-refractivity contribution in [2.45, 2.75) is 19.0 Å². The molecule has 2 aromatic heterocycles. The number of carbonyl (C=O) groups is 1. The van der Waals surface area contributed by atoms with Crippen LogP contribution in [0.3, 0.4) is 0 Å². The van der Waals surface area contributed by atoms with E-state index in [-0.39, 0.29) is 23.1 Å². The predicted molar refractivity (Wildman–Crippen MR) is 97.9 cm³/mol. The summed E-state index contributed by atoms with van der Waals surface area (Å²) in [6.45, 7) is 0.676. The molecular weight excluding hydrogens is 361 g/mol. The van der Waals surface area contributed by atoms with Crippen molar-refractivity contribution in [3.8, 4) is 23.2 Å². The quantitative estimate of drug-likeness (QED) is 0.755. The highest BCUT2D eigenvalue weighted by Crippen LogP contribution is 2.30. The van der Waals surface area contributed by atoms with Gasteiger partial charge in [0.25, 0.3) is 5.91 Å². The summed E-state index contributed by atoms with van der Waals surface area (Å²) in [6, 6.07) is 10.9. The third-order valence-corrected chi connectivity index (χ3v) is 4.69. The molecule has 1 amide bonds. The Morgan fingerprint density at radius 3 is 3.00 bits per heavy atom. The second-order valence-electron chi connectivity index (χ2n) is 6.39. The minimum absolute atomic E-state index is 0.155. The van der Waals surface area contributed by atoms with Crippen LogP contribution in [0.15, 0.2) is 42.6 Å². The normalized spacial score (nSPS) is 15.0. The number of benzene rings is 1. The highest BCUT2D eigenvalue weighted by Gasteiger charge is 2.27. The van der Waals surface area contributed by atoms with Crippen molar-refractivity contribution in [1.82, 2.24) is 20.1 Å². The Labute approximate surface area is 160 Å². The number of aromatic nitrogens is 3. The Hall–Kier alpha value is -3.73. The number of hydrogen-bond acceptors (Lipinski definition) is 5. The number of halogens is 1. The molecule has 1 N–H and O–H groups in total. The second-order valence-corrected chi connectivity index (χ2v) is 6.39. The van der Waals surface area contributed by atoms with Gasteiger partial charge >= 0.3 is 0 Å². The first-order chi connectivity index (χ1) is 13.6. The van der Waals surface area contributed by atoms with E-state index in [1.807, 2.05) is 16.8 Å². The van der Waals surface area contributed by atoms with E-state index >= 15 is 0 Å². The van der Waals surface area contributed by atoms with Crippen molar-refractivity contribution >= 4 is 5.91 Å². The van der Waals surface area contributed by atoms with Gasteiger partial charge in [-0.05, 0) is 36.8 Å². The van der Waals surface area contributed by atoms with Gasteiger partial charge in [-0.1, -0.05) is 0 Å². The molecule has 0 fully saturated rings. The van der Waals surface area contributed by atoms with Gasteiger partial charge in [0.2, 0.25) is 5.88 Å². The van der Waals surface area contributed by atoms with Gasteiger partial charge in [0.05, 0.1) is 30.1 Å². The molecule has 28 heavy (non-hydrogen) atoms. The van der Waals surface area contributed by atoms with Crippen molar-refractivity contribution in [3.05, 3.63) is 65.2 Å². The molecular formula is C20H16FN5O2. The lowest BCUT2D eigenvalue weighted by atomic mass is 10.1. The largest absolute Gasteiger partial charge is 0.481 e. The molecule has 3 heterocycles. The Kier molecular flexibility index (Phi) is 4.49. The van der Waals surface area contributed by atoms with Gasteiger partial charge in [0.15, 0.2) is 0 Å². The van der Waals surface area contributed by atoms with Crippen molar-refractivity contribution in [3.63, 3.8) is 0 Å². The van der Waals surface area contributed by atoms with Gasteiger partial charge in [-0.2, -0.15) is 10.4 Å². The van der Waals surface area contributed by atoms with Crippen LogP contribution in [0.25, 0.3) is 11.3 Å². The van der Waals surface area contributed by atoms with E-state index in [1.165, 1.54) is 12.1 Å². The second kappa shape index (κ2) is 7.12. The number of carbonyl (C=O) groups excluding carboxylic acids is 1. The Balaban J connectivity index is 1.56. The van der Waals surface area contributed by atoms with Crippen LogP contribution in [0.1, 0.15) is 34.1 Å². The lowest BCUT2D eigenvalue weighted by molar-refractivity contribution is 0.0936. The molecule has 7 nitrogen and oxygen atoms in total. The maximum absolute atomic E-state index is 13.5. The van der Waals surface area contributed by atoms with Crippen molar-refractivity contribution in [2.24, 2.45) is 0 Å². The van der Waals surface area contributed by atoms with Crippen molar-refractivity contribution < 1.29 is 13.9 Å². The number of nitriles is 1. The number of aryl methyl sites for hydroxylation is 1. The summed E-state index contributed by atoms with van der Waals surface area (Å²) in [6.07, 6.45) is 2.36. The Morgan fingerprint density at radius 2 is 2.21 bits per heavy atom. The molecule has 1 aliphatic heterocycles. The van der Waals surface area contributed by atoms with E-state index in [0.717, 1.165) is 23.0 Å². The van der Waals surface area contributed by atoms with Crippen LogP contribution in [0.5, 0.6) is 5.88 Å². The van der Waals surface area contributed by atoms with E-state index in [9.17, 15) is 9.18 Å². The molecule has 0 bridgehead atoms. The maximum Gasteiger partial charge on any atom is 0.251 e. The van der Waals surface area contributed by atoms with Gasteiger partial charge in [0.1, 0.15) is 11.9 Å². The van der Waals surface area contributed by atoms with E-state index in [4.69, 9.17) is 10.00 Å². The number of methoxy groups -OCH3 is 1. The van der Waals surface area contributed by atoms with E-state index < -0.39 is 5.82 Å². The summed E-state index contributed by atoms with van der Waals surface area (Å²) in [4.78, 5) is 16.6. The summed E-state index contributed by atoms with van der Waals surface area (Å²) in [5.41, 5.74) is 2.62. The molecule has 1 aromatic carbocycles. The topological polar surface area (TPSA) is 92.8 Å². The van der Waals surface area contributed by atoms with Gasteiger partial charge in [-0.3, -0.25) is 9.48 Å². The Morgan fingerprint density at radius 1 is 1.36 bits per heavy atom. The summed E-state index contributed by atoms with van der Waals surface area (Å²) in [7, 11) is 1.55. The highest BCUT2D eigenvalue weighted by atomic mass is 19.1. The molecule has 0 radical (unpaired) electrons. The number of nitrogens with zero attached hydrogens (tertiary/aromatic N) is 4. The zero-order valence-corrected chi connectivity index (χ0v) is 15.0. The van der Waals surface area contributed by atoms with Crippen LogP contribution in [0, 0.1) is 17.1 Å². The average Bonchev–Trinajstić information content (AvgIpc) is 3.30. The zero-order valence-electron chi connectivity index (χ0n) is 15.0. The fourth-order valence-corrected chi connectivity index (χ4v) is 3.25. The predicted octanol–water partition coefficient (Wildman–Crippen LogP) is 2.84. The molecule has 3 aromatic rings. The molecule has 1 aliphatic rings. The Bertz CT molecular complexity index is 1100. The average molecular weight is 377 g/mol. The molecule has 4 rings (SSSR count). The van der Waals surface area contributed by atoms with Crippen LogP contribution in [0.2, 0.25) is 0 Å². The van der Waals surface area contributed by atoms with E-state index in [1.54, 1.807) is 25.4 Å². The molecule has 0 saturated heterocycles. The smallest absolute Gasteiger partial charge is 0.251 e. The van der Waals surface area contributed by atoms with Gasteiger partial charge in [0, 0.05) is 29.9 Å². The fraction of sp³-hybridized carbons (Fsp3) is 0.200. The third-order valence-electron chi connectivity index (χ3n) is 4.69. The van der Waals surface area contributed by atoms with Crippen molar-refractivity contribution in [2.75, 3.05) is 7.11 Å². The van der Waals surface area contributed by atoms with Crippen molar-refractivity contribution in [1.29, 1.82) is 5.26 Å². The number of nitrogens with one attached hydrogen (secondary N) is 1. The summed E-state index contributed by atoms with van der Waals surface area (Å²) >= 11 is 0. The van der Waals surface area contributed by atoms with Crippen LogP contribution in [0.4, 0.5) is 4.39 Å². The molecule has 1 atom stereocenters. The minimum atomic E-state index is -0.643. The first-order valence-electron chi connectivity index (χ1n) is 8.67. The minimum Gasteiger partial charge on any atom is -0.481 e.